The number of nitrogens with zero attached hydrogens (tertiary/aromatic N) is 2. The van der Waals surface area contributed by atoms with Crippen molar-refractivity contribution in [1.29, 1.82) is 0 Å². The van der Waals surface area contributed by atoms with Gasteiger partial charge in [-0.2, -0.15) is 4.98 Å². The Hall–Kier alpha value is -2.67. The molecule has 6 nitrogen and oxygen atoms in total. The maximum atomic E-state index is 13.2. The van der Waals surface area contributed by atoms with Gasteiger partial charge in [-0.1, -0.05) is 37.3 Å². The average Bonchev–Trinajstić information content (AvgIpc) is 3.06. The Labute approximate surface area is 177 Å². The number of imidazole rings is 1. The molecule has 0 spiro atoms. The Kier molecular flexibility index (Phi) is 10.1. The third-order valence-electron chi connectivity index (χ3n) is 4.96. The van der Waals surface area contributed by atoms with Gasteiger partial charge in [0.2, 0.25) is 5.91 Å². The molecule has 1 amide bonds. The van der Waals surface area contributed by atoms with Crippen LogP contribution in [0.3, 0.4) is 0 Å². The summed E-state index contributed by atoms with van der Waals surface area (Å²) in [6.45, 7) is 7.04. The standard InChI is InChI=1S/C23H33FN4O2/c1-3-10-18(24)11-6-5-9-15-25-17-22(29)26-16-14-19(4-2)28-21-13-8-7-12-20(21)27-23(28)30/h3,6-8,11-13,18-19,25H,1,4-5,9-10,14-17H2,2H3,(H,26,29)(H,27,30)/b11-6+. The summed E-state index contributed by atoms with van der Waals surface area (Å²) < 4.78 is 15.1. The number of carbonyl (C=O) groups is 1. The number of hydrogen-bond donors (Lipinski definition) is 3. The van der Waals surface area contributed by atoms with E-state index in [4.69, 9.17) is 0 Å². The van der Waals surface area contributed by atoms with Crippen molar-refractivity contribution in [3.8, 4) is 6.01 Å². The van der Waals surface area contributed by atoms with Gasteiger partial charge in [-0.05, 0) is 50.8 Å². The van der Waals surface area contributed by atoms with Gasteiger partial charge in [-0.3, -0.25) is 9.36 Å². The first kappa shape index (κ1) is 23.6. The fraction of sp³-hybridized carbons (Fsp3) is 0.478. The highest BCUT2D eigenvalue weighted by molar-refractivity contribution is 5.78. The lowest BCUT2D eigenvalue weighted by molar-refractivity contribution is -0.120. The Bertz CT molecular complexity index is 834. The van der Waals surface area contributed by atoms with Crippen molar-refractivity contribution < 1.29 is 14.3 Å². The molecular formula is C23H33FN4O2. The van der Waals surface area contributed by atoms with E-state index in [-0.39, 0.29) is 24.5 Å². The topological polar surface area (TPSA) is 79.2 Å². The maximum absolute atomic E-state index is 13.2. The van der Waals surface area contributed by atoms with Crippen molar-refractivity contribution in [3.05, 3.63) is 49.1 Å². The quantitative estimate of drug-likeness (QED) is 0.321. The summed E-state index contributed by atoms with van der Waals surface area (Å²) in [5.41, 5.74) is 1.66. The van der Waals surface area contributed by atoms with Crippen LogP contribution < -0.4 is 10.6 Å². The Morgan fingerprint density at radius 3 is 2.93 bits per heavy atom. The van der Waals surface area contributed by atoms with E-state index in [1.165, 1.54) is 0 Å². The second-order valence-corrected chi connectivity index (χ2v) is 7.26. The van der Waals surface area contributed by atoms with Crippen LogP contribution in [0, 0.1) is 0 Å². The van der Waals surface area contributed by atoms with E-state index in [9.17, 15) is 14.3 Å². The van der Waals surface area contributed by atoms with Crippen molar-refractivity contribution >= 4 is 16.9 Å². The summed E-state index contributed by atoms with van der Waals surface area (Å²) in [6, 6.07) is 7.69. The molecule has 0 aliphatic carbocycles. The smallest absolute Gasteiger partial charge is 0.295 e. The Morgan fingerprint density at radius 1 is 1.37 bits per heavy atom. The molecule has 164 valence electrons. The van der Waals surface area contributed by atoms with Crippen molar-refractivity contribution in [2.75, 3.05) is 19.6 Å². The molecule has 7 heteroatoms. The fourth-order valence-corrected chi connectivity index (χ4v) is 3.38. The normalized spacial score (nSPS) is 13.5. The highest BCUT2D eigenvalue weighted by Gasteiger charge is 2.17. The summed E-state index contributed by atoms with van der Waals surface area (Å²) in [5.74, 6) is -0.0603. The summed E-state index contributed by atoms with van der Waals surface area (Å²) in [6.07, 6.45) is 7.47. The molecule has 0 saturated carbocycles. The van der Waals surface area contributed by atoms with Gasteiger partial charge in [0.25, 0.3) is 6.01 Å². The molecule has 0 fully saturated rings. The molecule has 0 aliphatic rings. The summed E-state index contributed by atoms with van der Waals surface area (Å²) >= 11 is 0. The van der Waals surface area contributed by atoms with E-state index in [2.05, 4.69) is 29.1 Å². The van der Waals surface area contributed by atoms with Crippen LogP contribution in [0.25, 0.3) is 11.0 Å². The van der Waals surface area contributed by atoms with Gasteiger partial charge >= 0.3 is 0 Å². The second-order valence-electron chi connectivity index (χ2n) is 7.26. The lowest BCUT2D eigenvalue weighted by atomic mass is 10.1. The fourth-order valence-electron chi connectivity index (χ4n) is 3.38. The summed E-state index contributed by atoms with van der Waals surface area (Å²) in [4.78, 5) is 16.2. The third-order valence-corrected chi connectivity index (χ3v) is 4.96. The minimum atomic E-state index is -0.963. The van der Waals surface area contributed by atoms with Gasteiger partial charge in [0.1, 0.15) is 6.17 Å². The maximum Gasteiger partial charge on any atom is 0.295 e. The van der Waals surface area contributed by atoms with Crippen LogP contribution >= 0.6 is 0 Å². The van der Waals surface area contributed by atoms with Crippen LogP contribution in [0.15, 0.2) is 49.1 Å². The largest absolute Gasteiger partial charge is 0.480 e. The zero-order chi connectivity index (χ0) is 21.8. The molecular weight excluding hydrogens is 383 g/mol. The van der Waals surface area contributed by atoms with Crippen molar-refractivity contribution in [3.63, 3.8) is 0 Å². The molecule has 0 aliphatic heterocycles. The van der Waals surface area contributed by atoms with Crippen LogP contribution in [0.2, 0.25) is 0 Å². The van der Waals surface area contributed by atoms with Crippen molar-refractivity contribution in [2.45, 2.75) is 51.2 Å². The second kappa shape index (κ2) is 12.8. The number of aromatic hydroxyl groups is 1. The number of para-hydroxylation sites is 2. The van der Waals surface area contributed by atoms with E-state index >= 15 is 0 Å². The van der Waals surface area contributed by atoms with E-state index in [0.717, 1.165) is 30.3 Å². The van der Waals surface area contributed by atoms with E-state index in [0.29, 0.717) is 25.9 Å². The van der Waals surface area contributed by atoms with E-state index in [1.54, 1.807) is 12.2 Å². The van der Waals surface area contributed by atoms with Crippen LogP contribution in [0.4, 0.5) is 4.39 Å². The highest BCUT2D eigenvalue weighted by Crippen LogP contribution is 2.28. The number of carbonyl (C=O) groups excluding carboxylic acids is 1. The molecule has 2 aromatic rings. The number of nitrogens with one attached hydrogen (secondary N) is 2. The number of unbranched alkanes of at least 4 members (excludes halogenated alkanes) is 1. The molecule has 1 aromatic carbocycles. The van der Waals surface area contributed by atoms with Crippen LogP contribution in [0.5, 0.6) is 6.01 Å². The Balaban J connectivity index is 1.66. The van der Waals surface area contributed by atoms with Gasteiger partial charge in [-0.25, -0.2) is 4.39 Å². The third kappa shape index (κ3) is 7.30. The van der Waals surface area contributed by atoms with Crippen LogP contribution in [-0.4, -0.2) is 46.4 Å². The Morgan fingerprint density at radius 2 is 2.17 bits per heavy atom. The molecule has 1 heterocycles. The molecule has 2 rings (SSSR count). The van der Waals surface area contributed by atoms with Crippen LogP contribution in [0.1, 0.15) is 45.1 Å². The zero-order valence-electron chi connectivity index (χ0n) is 17.7. The predicted molar refractivity (Wildman–Crippen MR) is 119 cm³/mol. The lowest BCUT2D eigenvalue weighted by Crippen LogP contribution is -2.35. The molecule has 1 aromatic heterocycles. The summed E-state index contributed by atoms with van der Waals surface area (Å²) in [5, 5.41) is 16.2. The summed E-state index contributed by atoms with van der Waals surface area (Å²) in [7, 11) is 0. The first-order valence-corrected chi connectivity index (χ1v) is 10.6. The number of halogens is 1. The minimum Gasteiger partial charge on any atom is -0.480 e. The molecule has 3 N–H and O–H groups in total. The van der Waals surface area contributed by atoms with Gasteiger partial charge in [0.05, 0.1) is 17.6 Å². The monoisotopic (exact) mass is 416 g/mol. The van der Waals surface area contributed by atoms with Crippen molar-refractivity contribution in [1.82, 2.24) is 20.2 Å². The number of aromatic nitrogens is 2. The van der Waals surface area contributed by atoms with Crippen molar-refractivity contribution in [2.24, 2.45) is 0 Å². The number of hydrogen-bond acceptors (Lipinski definition) is 4. The number of amides is 1. The lowest BCUT2D eigenvalue weighted by Gasteiger charge is -2.18. The number of allylic oxidation sites excluding steroid dienone is 3. The number of alkyl halides is 1. The SMILES string of the molecule is C=CCC(F)/C=C/CCCNCC(=O)NCCC(CC)n1c(O)nc2ccccc21. The predicted octanol–water partition coefficient (Wildman–Crippen LogP) is 4.04. The molecule has 2 unspecified atom stereocenters. The molecule has 0 bridgehead atoms. The molecule has 30 heavy (non-hydrogen) atoms. The number of rotatable bonds is 14. The van der Waals surface area contributed by atoms with Gasteiger partial charge in [0.15, 0.2) is 0 Å². The number of benzene rings is 1. The molecule has 0 radical (unpaired) electrons. The van der Waals surface area contributed by atoms with Gasteiger partial charge in [0, 0.05) is 12.6 Å². The molecule has 0 saturated heterocycles. The average molecular weight is 417 g/mol. The van der Waals surface area contributed by atoms with E-state index < -0.39 is 6.17 Å². The highest BCUT2D eigenvalue weighted by atomic mass is 19.1. The zero-order valence-corrected chi connectivity index (χ0v) is 17.7. The number of fused-ring (bicyclic) bond motifs is 1. The van der Waals surface area contributed by atoms with Gasteiger partial charge in [-0.15, -0.1) is 6.58 Å². The molecule has 2 atom stereocenters. The van der Waals surface area contributed by atoms with Gasteiger partial charge < -0.3 is 15.7 Å². The first-order chi connectivity index (χ1) is 14.6. The van der Waals surface area contributed by atoms with E-state index in [1.807, 2.05) is 34.9 Å². The minimum absolute atomic E-state index is 0.00802. The van der Waals surface area contributed by atoms with Crippen LogP contribution in [-0.2, 0) is 4.79 Å². The first-order valence-electron chi connectivity index (χ1n) is 10.6.